The second kappa shape index (κ2) is 6.68. The van der Waals surface area contributed by atoms with Crippen molar-refractivity contribution in [1.29, 1.82) is 0 Å². The van der Waals surface area contributed by atoms with Crippen molar-refractivity contribution in [3.63, 3.8) is 0 Å². The number of fused-ring (bicyclic) bond motifs is 2. The predicted octanol–water partition coefficient (Wildman–Crippen LogP) is 5.52. The summed E-state index contributed by atoms with van der Waals surface area (Å²) in [6, 6.07) is 11.8. The zero-order chi connectivity index (χ0) is 23.2. The molecule has 0 spiro atoms. The van der Waals surface area contributed by atoms with Crippen LogP contribution < -0.4 is 0 Å². The number of aromatic nitrogens is 1. The molecule has 3 fully saturated rings. The number of hydrogen-bond acceptors (Lipinski definition) is 4. The Hall–Kier alpha value is -2.69. The number of carboxylic acids is 1. The van der Waals surface area contributed by atoms with Crippen molar-refractivity contribution in [2.24, 2.45) is 40.4 Å². The molecule has 0 saturated heterocycles. The largest absolute Gasteiger partial charge is 0.481 e. The molecule has 1 aromatic carbocycles. The molecule has 172 valence electrons. The first-order valence-electron chi connectivity index (χ1n) is 12.3. The molecule has 3 saturated carbocycles. The maximum Gasteiger partial charge on any atom is 0.315 e. The number of nitrogens with zero attached hydrogens (tertiary/aromatic N) is 1. The van der Waals surface area contributed by atoms with Crippen LogP contribution in [0.2, 0.25) is 0 Å². The number of aldehydes is 1. The Bertz CT molecular complexity index is 1170. The van der Waals surface area contributed by atoms with E-state index in [1.54, 1.807) is 0 Å². The third-order valence-electron chi connectivity index (χ3n) is 9.95. The van der Waals surface area contributed by atoms with Gasteiger partial charge in [0.1, 0.15) is 11.7 Å². The summed E-state index contributed by atoms with van der Waals surface area (Å²) in [5.41, 5.74) is -0.365. The molecule has 2 aromatic rings. The third kappa shape index (κ3) is 2.17. The molecule has 4 bridgehead atoms. The van der Waals surface area contributed by atoms with E-state index >= 15 is 0 Å². The van der Waals surface area contributed by atoms with E-state index in [-0.39, 0.29) is 17.8 Å². The summed E-state index contributed by atoms with van der Waals surface area (Å²) in [6.45, 7) is 6.39. The number of benzene rings is 1. The van der Waals surface area contributed by atoms with Crippen LogP contribution in [0.15, 0.2) is 52.6 Å². The highest BCUT2D eigenvalue weighted by Gasteiger charge is 2.85. The molecular weight excluding hydrogens is 414 g/mol. The van der Waals surface area contributed by atoms with Gasteiger partial charge in [0.05, 0.1) is 11.1 Å². The molecule has 7 atom stereocenters. The van der Waals surface area contributed by atoms with E-state index < -0.39 is 22.2 Å². The fourth-order valence-corrected chi connectivity index (χ4v) is 8.88. The molecular formula is C28H31NO4. The van der Waals surface area contributed by atoms with Gasteiger partial charge in [0.25, 0.3) is 0 Å². The van der Waals surface area contributed by atoms with Crippen molar-refractivity contribution in [1.82, 2.24) is 5.16 Å². The summed E-state index contributed by atoms with van der Waals surface area (Å²) in [5.74, 6) is 0.712. The van der Waals surface area contributed by atoms with Crippen molar-refractivity contribution >= 4 is 12.3 Å². The second-order valence-electron chi connectivity index (χ2n) is 11.2. The zero-order valence-corrected chi connectivity index (χ0v) is 19.5. The monoisotopic (exact) mass is 445 g/mol. The minimum absolute atomic E-state index is 0.0253. The van der Waals surface area contributed by atoms with Crippen LogP contribution in [0.3, 0.4) is 0 Å². The van der Waals surface area contributed by atoms with Crippen LogP contribution in [0.4, 0.5) is 0 Å². The van der Waals surface area contributed by atoms with Gasteiger partial charge >= 0.3 is 5.97 Å². The van der Waals surface area contributed by atoms with Gasteiger partial charge in [-0.2, -0.15) is 0 Å². The highest BCUT2D eigenvalue weighted by Crippen LogP contribution is 2.82. The maximum atomic E-state index is 13.5. The molecule has 1 heterocycles. The number of hydrogen-bond donors (Lipinski definition) is 1. The lowest BCUT2D eigenvalue weighted by Crippen LogP contribution is -2.64. The van der Waals surface area contributed by atoms with Crippen LogP contribution in [0.25, 0.3) is 11.3 Å². The molecule has 5 nitrogen and oxygen atoms in total. The summed E-state index contributed by atoms with van der Waals surface area (Å²) < 4.78 is 5.84. The molecule has 4 aliphatic carbocycles. The van der Waals surface area contributed by atoms with Crippen LogP contribution in [0.1, 0.15) is 52.1 Å². The van der Waals surface area contributed by atoms with Gasteiger partial charge in [-0.25, -0.2) is 0 Å². The molecule has 0 unspecified atom stereocenters. The Morgan fingerprint density at radius 2 is 1.97 bits per heavy atom. The van der Waals surface area contributed by atoms with Crippen LogP contribution in [-0.2, 0) is 15.0 Å². The van der Waals surface area contributed by atoms with Crippen LogP contribution >= 0.6 is 0 Å². The Morgan fingerprint density at radius 3 is 2.64 bits per heavy atom. The average molecular weight is 446 g/mol. The number of carbonyl (C=O) groups excluding carboxylic acids is 1. The Labute approximate surface area is 194 Å². The molecule has 1 aromatic heterocycles. The van der Waals surface area contributed by atoms with Gasteiger partial charge in [-0.15, -0.1) is 0 Å². The molecule has 5 heteroatoms. The van der Waals surface area contributed by atoms with Crippen molar-refractivity contribution in [3.05, 3.63) is 53.7 Å². The standard InChI is InChI=1S/C28H31NO4/c1-16(2)22-11-19-13-26(15-30)21-10-9-17(3)20(21)14-27(19,28(22,26)25(31)32)24-12-23(33-29-24)18-7-5-4-6-8-18/h4-8,11-12,15-17,19-21H,9-10,13-14H2,1-3H3,(H,31,32)/t17-,19-,20-,21-,26+,27-,28+/m1/s1. The summed E-state index contributed by atoms with van der Waals surface area (Å²) in [4.78, 5) is 26.7. The van der Waals surface area contributed by atoms with E-state index in [2.05, 4.69) is 32.0 Å². The summed E-state index contributed by atoms with van der Waals surface area (Å²) in [6.07, 6.45) is 6.58. The molecule has 33 heavy (non-hydrogen) atoms. The fraction of sp³-hybridized carbons (Fsp3) is 0.536. The van der Waals surface area contributed by atoms with Gasteiger partial charge in [0.2, 0.25) is 0 Å². The lowest BCUT2D eigenvalue weighted by molar-refractivity contribution is -0.172. The summed E-state index contributed by atoms with van der Waals surface area (Å²) in [5, 5.41) is 15.7. The van der Waals surface area contributed by atoms with E-state index in [0.717, 1.165) is 36.7 Å². The topological polar surface area (TPSA) is 80.4 Å². The maximum absolute atomic E-state index is 13.5. The van der Waals surface area contributed by atoms with E-state index in [1.807, 2.05) is 36.4 Å². The Kier molecular flexibility index (Phi) is 4.23. The van der Waals surface area contributed by atoms with Gasteiger partial charge in [0, 0.05) is 17.0 Å². The van der Waals surface area contributed by atoms with Gasteiger partial charge in [0.15, 0.2) is 5.76 Å². The lowest BCUT2D eigenvalue weighted by Gasteiger charge is -2.57. The van der Waals surface area contributed by atoms with E-state index in [0.29, 0.717) is 29.7 Å². The number of carbonyl (C=O) groups is 2. The number of aliphatic carboxylic acids is 1. The second-order valence-corrected chi connectivity index (χ2v) is 11.2. The number of allylic oxidation sites excluding steroid dienone is 1. The van der Waals surface area contributed by atoms with Crippen LogP contribution in [-0.4, -0.2) is 22.5 Å². The van der Waals surface area contributed by atoms with Crippen molar-refractivity contribution in [2.45, 2.75) is 51.9 Å². The fourth-order valence-electron chi connectivity index (χ4n) is 8.88. The third-order valence-corrected chi connectivity index (χ3v) is 9.95. The highest BCUT2D eigenvalue weighted by molar-refractivity contribution is 5.92. The van der Waals surface area contributed by atoms with Crippen molar-refractivity contribution in [3.8, 4) is 11.3 Å². The first-order valence-corrected chi connectivity index (χ1v) is 12.3. The van der Waals surface area contributed by atoms with Gasteiger partial charge < -0.3 is 14.4 Å². The predicted molar refractivity (Wildman–Crippen MR) is 123 cm³/mol. The smallest absolute Gasteiger partial charge is 0.315 e. The van der Waals surface area contributed by atoms with Crippen LogP contribution in [0.5, 0.6) is 0 Å². The van der Waals surface area contributed by atoms with E-state index in [9.17, 15) is 14.7 Å². The van der Waals surface area contributed by atoms with Crippen LogP contribution in [0, 0.1) is 40.4 Å². The minimum Gasteiger partial charge on any atom is -0.481 e. The van der Waals surface area contributed by atoms with E-state index in [4.69, 9.17) is 4.52 Å². The summed E-state index contributed by atoms with van der Waals surface area (Å²) >= 11 is 0. The molecule has 0 amide bonds. The zero-order valence-electron chi connectivity index (χ0n) is 19.5. The van der Waals surface area contributed by atoms with Gasteiger partial charge in [-0.05, 0) is 48.9 Å². The molecule has 0 aliphatic heterocycles. The molecule has 1 N–H and O–H groups in total. The Morgan fingerprint density at radius 1 is 1.21 bits per heavy atom. The normalized spacial score (nSPS) is 40.7. The average Bonchev–Trinajstić information content (AvgIpc) is 3.54. The number of rotatable bonds is 5. The minimum atomic E-state index is -1.27. The van der Waals surface area contributed by atoms with Gasteiger partial charge in [-0.1, -0.05) is 74.3 Å². The Balaban J connectivity index is 1.63. The molecule has 6 rings (SSSR count). The number of carboxylic acid groups (broad SMARTS) is 1. The van der Waals surface area contributed by atoms with Crippen molar-refractivity contribution in [2.75, 3.05) is 0 Å². The quantitative estimate of drug-likeness (QED) is 0.484. The van der Waals surface area contributed by atoms with E-state index in [1.165, 1.54) is 0 Å². The first-order chi connectivity index (χ1) is 15.8. The molecule has 4 aliphatic rings. The first kappa shape index (κ1) is 20.9. The highest BCUT2D eigenvalue weighted by atomic mass is 16.5. The molecule has 0 radical (unpaired) electrons. The SMILES string of the molecule is CC(C)C1=C[C@@H]2C[C@]3(C=O)[C@@H]4CC[C@@H](C)[C@H]4C[C@@]2(c2cc(-c4ccccc4)on2)[C@]13C(=O)O. The lowest BCUT2D eigenvalue weighted by atomic mass is 9.42. The van der Waals surface area contributed by atoms with Gasteiger partial charge in [-0.3, -0.25) is 4.79 Å². The van der Waals surface area contributed by atoms with Crippen molar-refractivity contribution < 1.29 is 19.2 Å². The summed E-state index contributed by atoms with van der Waals surface area (Å²) in [7, 11) is 0.